The van der Waals surface area contributed by atoms with Crippen molar-refractivity contribution in [3.8, 4) is 0 Å². The zero-order valence-electron chi connectivity index (χ0n) is 14.7. The molecule has 1 heterocycles. The molecular formula is C20H20N2O3S. The molecule has 26 heavy (non-hydrogen) atoms. The zero-order chi connectivity index (χ0) is 18.7. The van der Waals surface area contributed by atoms with Crippen LogP contribution in [-0.2, 0) is 11.3 Å². The fourth-order valence-electron chi connectivity index (χ4n) is 2.84. The minimum atomic E-state index is -0.240. The normalized spacial score (nSPS) is 14.2. The number of amides is 3. The summed E-state index contributed by atoms with van der Waals surface area (Å²) >= 11 is 1.01. The number of hydrogen-bond acceptors (Lipinski definition) is 4. The third-order valence-corrected chi connectivity index (χ3v) is 5.06. The van der Waals surface area contributed by atoms with Crippen molar-refractivity contribution in [3.05, 3.63) is 65.2 Å². The molecule has 5 nitrogen and oxygen atoms in total. The number of benzene rings is 2. The summed E-state index contributed by atoms with van der Waals surface area (Å²) < 4.78 is 0. The maximum Gasteiger partial charge on any atom is 0.289 e. The van der Waals surface area contributed by atoms with E-state index in [0.29, 0.717) is 11.5 Å². The van der Waals surface area contributed by atoms with Gasteiger partial charge in [-0.2, -0.15) is 0 Å². The van der Waals surface area contributed by atoms with E-state index in [1.807, 2.05) is 30.3 Å². The molecule has 2 aromatic rings. The second kappa shape index (κ2) is 7.74. The van der Waals surface area contributed by atoms with E-state index in [-0.39, 0.29) is 29.4 Å². The van der Waals surface area contributed by atoms with Crippen molar-refractivity contribution in [2.24, 2.45) is 0 Å². The molecule has 6 heteroatoms. The lowest BCUT2D eigenvalue weighted by Gasteiger charge is -2.15. The lowest BCUT2D eigenvalue weighted by molar-refractivity contribution is -0.125. The van der Waals surface area contributed by atoms with E-state index in [2.05, 4.69) is 19.2 Å². The fraction of sp³-hybridized carbons (Fsp3) is 0.250. The molecule has 1 N–H and O–H groups in total. The third-order valence-electron chi connectivity index (χ3n) is 4.20. The van der Waals surface area contributed by atoms with Crippen LogP contribution in [0.15, 0.2) is 48.5 Å². The van der Waals surface area contributed by atoms with Crippen molar-refractivity contribution in [3.63, 3.8) is 0 Å². The number of carbonyl (C=O) groups is 3. The lowest BCUT2D eigenvalue weighted by Crippen LogP contribution is -2.28. The van der Waals surface area contributed by atoms with E-state index in [0.717, 1.165) is 28.6 Å². The van der Waals surface area contributed by atoms with Crippen LogP contribution in [-0.4, -0.2) is 27.7 Å². The summed E-state index contributed by atoms with van der Waals surface area (Å²) in [6.45, 7) is 4.34. The monoisotopic (exact) mass is 368 g/mol. The van der Waals surface area contributed by atoms with Crippen molar-refractivity contribution in [2.45, 2.75) is 26.3 Å². The largest absolute Gasteiger partial charge is 0.322 e. The number of hydrogen-bond donors (Lipinski definition) is 1. The summed E-state index contributed by atoms with van der Waals surface area (Å²) in [6, 6.07) is 14.7. The van der Waals surface area contributed by atoms with Gasteiger partial charge in [0.2, 0.25) is 5.91 Å². The van der Waals surface area contributed by atoms with Gasteiger partial charge >= 0.3 is 0 Å². The van der Waals surface area contributed by atoms with Gasteiger partial charge in [-0.15, -0.1) is 0 Å². The third kappa shape index (κ3) is 3.96. The number of nitrogens with one attached hydrogen (secondary N) is 1. The SMILES string of the molecule is CC(C)c1ccccc1NC(=O)c1cccc(CN2C(=O)CSC2=O)c1. The smallest absolute Gasteiger partial charge is 0.289 e. The van der Waals surface area contributed by atoms with Crippen LogP contribution in [0, 0.1) is 0 Å². The Morgan fingerprint density at radius 1 is 1.15 bits per heavy atom. The van der Waals surface area contributed by atoms with Crippen molar-refractivity contribution >= 4 is 34.5 Å². The summed E-state index contributed by atoms with van der Waals surface area (Å²) in [7, 11) is 0. The number of anilines is 1. The molecule has 3 rings (SSSR count). The second-order valence-corrected chi connectivity index (χ2v) is 7.36. The van der Waals surface area contributed by atoms with Crippen molar-refractivity contribution < 1.29 is 14.4 Å². The maximum atomic E-state index is 12.6. The van der Waals surface area contributed by atoms with Crippen LogP contribution in [0.5, 0.6) is 0 Å². The molecule has 0 unspecified atom stereocenters. The van der Waals surface area contributed by atoms with E-state index in [1.54, 1.807) is 18.2 Å². The molecular weight excluding hydrogens is 348 g/mol. The first-order valence-electron chi connectivity index (χ1n) is 8.42. The van der Waals surface area contributed by atoms with E-state index in [4.69, 9.17) is 0 Å². The van der Waals surface area contributed by atoms with E-state index in [9.17, 15) is 14.4 Å². The fourth-order valence-corrected chi connectivity index (χ4v) is 3.56. The highest BCUT2D eigenvalue weighted by atomic mass is 32.2. The van der Waals surface area contributed by atoms with Gasteiger partial charge in [0.1, 0.15) is 0 Å². The summed E-state index contributed by atoms with van der Waals surface area (Å²) in [5.41, 5.74) is 3.10. The standard InChI is InChI=1S/C20H20N2O3S/c1-13(2)16-8-3-4-9-17(16)21-19(24)15-7-5-6-14(10-15)11-22-18(23)12-26-20(22)25/h3-10,13H,11-12H2,1-2H3,(H,21,24). The molecule has 0 spiro atoms. The molecule has 1 saturated heterocycles. The number of thioether (sulfide) groups is 1. The first-order chi connectivity index (χ1) is 12.5. The predicted octanol–water partition coefficient (Wildman–Crippen LogP) is 4.26. The molecule has 1 aliphatic rings. The highest BCUT2D eigenvalue weighted by Crippen LogP contribution is 2.25. The molecule has 2 aromatic carbocycles. The van der Waals surface area contributed by atoms with Crippen LogP contribution in [0.3, 0.4) is 0 Å². The lowest BCUT2D eigenvalue weighted by atomic mass is 10.0. The van der Waals surface area contributed by atoms with Crippen LogP contribution in [0.1, 0.15) is 41.3 Å². The molecule has 0 radical (unpaired) electrons. The molecule has 0 saturated carbocycles. The summed E-state index contributed by atoms with van der Waals surface area (Å²) in [6.07, 6.45) is 0. The Morgan fingerprint density at radius 3 is 2.62 bits per heavy atom. The first-order valence-corrected chi connectivity index (χ1v) is 9.40. The van der Waals surface area contributed by atoms with Gasteiger partial charge in [0.25, 0.3) is 11.1 Å². The Labute approximate surface area is 156 Å². The van der Waals surface area contributed by atoms with Gasteiger partial charge in [0.05, 0.1) is 12.3 Å². The minimum absolute atomic E-state index is 0.186. The summed E-state index contributed by atoms with van der Waals surface area (Å²) in [4.78, 5) is 37.4. The number of carbonyl (C=O) groups excluding carboxylic acids is 3. The summed E-state index contributed by atoms with van der Waals surface area (Å²) in [5, 5.41) is 2.72. The quantitative estimate of drug-likeness (QED) is 0.856. The van der Waals surface area contributed by atoms with Crippen LogP contribution in [0.25, 0.3) is 0 Å². The number of rotatable bonds is 5. The Hall–Kier alpha value is -2.60. The van der Waals surface area contributed by atoms with Crippen LogP contribution in [0.2, 0.25) is 0 Å². The van der Waals surface area contributed by atoms with Gasteiger partial charge < -0.3 is 5.32 Å². The van der Waals surface area contributed by atoms with Gasteiger partial charge in [-0.3, -0.25) is 19.3 Å². The molecule has 1 fully saturated rings. The van der Waals surface area contributed by atoms with Crippen LogP contribution in [0.4, 0.5) is 10.5 Å². The average Bonchev–Trinajstić information content (AvgIpc) is 2.94. The van der Waals surface area contributed by atoms with Crippen molar-refractivity contribution in [2.75, 3.05) is 11.1 Å². The zero-order valence-corrected chi connectivity index (χ0v) is 15.5. The molecule has 0 bridgehead atoms. The Kier molecular flexibility index (Phi) is 5.42. The van der Waals surface area contributed by atoms with Crippen LogP contribution < -0.4 is 5.32 Å². The predicted molar refractivity (Wildman–Crippen MR) is 103 cm³/mol. The van der Waals surface area contributed by atoms with Gasteiger partial charge in [-0.1, -0.05) is 55.9 Å². The van der Waals surface area contributed by atoms with Gasteiger partial charge in [-0.25, -0.2) is 0 Å². The number of imide groups is 1. The molecule has 0 aliphatic carbocycles. The molecule has 134 valence electrons. The topological polar surface area (TPSA) is 66.5 Å². The Balaban J connectivity index is 1.77. The number of nitrogens with zero attached hydrogens (tertiary/aromatic N) is 1. The van der Waals surface area contributed by atoms with E-state index < -0.39 is 0 Å². The van der Waals surface area contributed by atoms with E-state index in [1.165, 1.54) is 4.90 Å². The average molecular weight is 368 g/mol. The van der Waals surface area contributed by atoms with Gasteiger partial charge in [0.15, 0.2) is 0 Å². The second-order valence-electron chi connectivity index (χ2n) is 6.43. The Bertz CT molecular complexity index is 848. The van der Waals surface area contributed by atoms with Crippen molar-refractivity contribution in [1.29, 1.82) is 0 Å². The van der Waals surface area contributed by atoms with Crippen molar-refractivity contribution in [1.82, 2.24) is 4.90 Å². The minimum Gasteiger partial charge on any atom is -0.322 e. The molecule has 3 amide bonds. The molecule has 0 aromatic heterocycles. The van der Waals surface area contributed by atoms with E-state index >= 15 is 0 Å². The van der Waals surface area contributed by atoms with Crippen LogP contribution >= 0.6 is 11.8 Å². The summed E-state index contributed by atoms with van der Waals surface area (Å²) in [5.74, 6) is 0.0713. The maximum absolute atomic E-state index is 12.6. The highest BCUT2D eigenvalue weighted by molar-refractivity contribution is 8.14. The molecule has 1 aliphatic heterocycles. The highest BCUT2D eigenvalue weighted by Gasteiger charge is 2.29. The molecule has 0 atom stereocenters. The number of para-hydroxylation sites is 1. The van der Waals surface area contributed by atoms with Gasteiger partial charge in [-0.05, 0) is 35.2 Å². The first kappa shape index (κ1) is 18.2. The Morgan fingerprint density at radius 2 is 1.92 bits per heavy atom. The van der Waals surface area contributed by atoms with Gasteiger partial charge in [0, 0.05) is 11.3 Å².